The molecule has 0 spiro atoms. The quantitative estimate of drug-likeness (QED) is 0.296. The van der Waals surface area contributed by atoms with Crippen molar-refractivity contribution in [3.05, 3.63) is 88.8 Å². The number of imide groups is 1. The van der Waals surface area contributed by atoms with Crippen molar-refractivity contribution in [3.63, 3.8) is 0 Å². The van der Waals surface area contributed by atoms with Crippen LogP contribution in [0.25, 0.3) is 6.08 Å². The van der Waals surface area contributed by atoms with Crippen LogP contribution in [0.4, 0.5) is 9.18 Å². The highest BCUT2D eigenvalue weighted by atomic mass is 19.1. The van der Waals surface area contributed by atoms with E-state index in [0.29, 0.717) is 22.6 Å². The number of carbonyl (C=O) groups is 3. The summed E-state index contributed by atoms with van der Waals surface area (Å²) in [6.07, 6.45) is 1.49. The third kappa shape index (κ3) is 5.16. The number of halogens is 1. The molecular weight excluding hydrogens is 459 g/mol. The normalized spacial score (nSPS) is 14.3. The van der Waals surface area contributed by atoms with E-state index in [9.17, 15) is 18.8 Å². The molecule has 0 atom stereocenters. The number of furan rings is 1. The van der Waals surface area contributed by atoms with Crippen LogP contribution >= 0.6 is 0 Å². The molecule has 1 aliphatic rings. The Kier molecular flexibility index (Phi) is 6.81. The number of carbonyl (C=O) groups excluding carboxylic acids is 3. The van der Waals surface area contributed by atoms with Gasteiger partial charge in [-0.15, -0.1) is 0 Å². The van der Waals surface area contributed by atoms with E-state index in [4.69, 9.17) is 13.9 Å². The average molecular weight is 480 g/mol. The van der Waals surface area contributed by atoms with Gasteiger partial charge in [-0.05, 0) is 42.0 Å². The van der Waals surface area contributed by atoms with E-state index in [1.165, 1.54) is 38.5 Å². The van der Waals surface area contributed by atoms with E-state index >= 15 is 0 Å². The van der Waals surface area contributed by atoms with E-state index in [2.05, 4.69) is 10.1 Å². The molecule has 0 saturated carbocycles. The second-order valence-corrected chi connectivity index (χ2v) is 7.43. The Morgan fingerprint density at radius 3 is 2.63 bits per heavy atom. The first-order chi connectivity index (χ1) is 16.9. The summed E-state index contributed by atoms with van der Waals surface area (Å²) in [5, 5.41) is 2.52. The highest BCUT2D eigenvalue weighted by Gasteiger charge is 2.34. The number of nitrogens with zero attached hydrogens (tertiary/aromatic N) is 1. The van der Waals surface area contributed by atoms with Gasteiger partial charge in [0.15, 0.2) is 11.5 Å². The maximum Gasteiger partial charge on any atom is 0.373 e. The van der Waals surface area contributed by atoms with Crippen LogP contribution in [0.15, 0.2) is 64.7 Å². The van der Waals surface area contributed by atoms with Crippen molar-refractivity contribution < 1.29 is 37.4 Å². The minimum Gasteiger partial charge on any atom is -0.493 e. The van der Waals surface area contributed by atoms with Gasteiger partial charge < -0.3 is 23.9 Å². The van der Waals surface area contributed by atoms with Crippen LogP contribution in [0, 0.1) is 5.82 Å². The van der Waals surface area contributed by atoms with Gasteiger partial charge >= 0.3 is 12.0 Å². The van der Waals surface area contributed by atoms with E-state index in [1.807, 2.05) is 0 Å². The molecule has 2 heterocycles. The number of rotatable bonds is 8. The van der Waals surface area contributed by atoms with Crippen molar-refractivity contribution in [2.24, 2.45) is 0 Å². The number of hydrogen-bond acceptors (Lipinski definition) is 7. The molecule has 4 rings (SSSR count). The van der Waals surface area contributed by atoms with Crippen LogP contribution in [-0.4, -0.2) is 37.0 Å². The summed E-state index contributed by atoms with van der Waals surface area (Å²) >= 11 is 0. The smallest absolute Gasteiger partial charge is 0.373 e. The lowest BCUT2D eigenvalue weighted by atomic mass is 10.1. The highest BCUT2D eigenvalue weighted by molar-refractivity contribution is 6.13. The zero-order valence-corrected chi connectivity index (χ0v) is 18.9. The highest BCUT2D eigenvalue weighted by Crippen LogP contribution is 2.30. The number of benzene rings is 2. The molecule has 0 aliphatic carbocycles. The summed E-state index contributed by atoms with van der Waals surface area (Å²) in [7, 11) is 2.67. The summed E-state index contributed by atoms with van der Waals surface area (Å²) in [5.74, 6) is -0.628. The molecule has 3 amide bonds. The molecule has 3 aromatic rings. The first-order valence-corrected chi connectivity index (χ1v) is 10.5. The first kappa shape index (κ1) is 23.6. The lowest BCUT2D eigenvalue weighted by Crippen LogP contribution is -2.30. The Hall–Kier alpha value is -4.60. The summed E-state index contributed by atoms with van der Waals surface area (Å²) in [6, 6.07) is 13.5. The molecule has 1 saturated heterocycles. The topological polar surface area (TPSA) is 107 Å². The molecule has 1 fully saturated rings. The molecule has 9 nitrogen and oxygen atoms in total. The monoisotopic (exact) mass is 480 g/mol. The zero-order chi connectivity index (χ0) is 24.9. The summed E-state index contributed by atoms with van der Waals surface area (Å²) in [5.41, 5.74) is 1.02. The predicted molar refractivity (Wildman–Crippen MR) is 121 cm³/mol. The Morgan fingerprint density at radius 2 is 1.89 bits per heavy atom. The molecule has 0 unspecified atom stereocenters. The van der Waals surface area contributed by atoms with Crippen LogP contribution in [0.3, 0.4) is 0 Å². The molecule has 35 heavy (non-hydrogen) atoms. The fourth-order valence-corrected chi connectivity index (χ4v) is 3.38. The van der Waals surface area contributed by atoms with Crippen LogP contribution in [0.2, 0.25) is 0 Å². The molecule has 1 N–H and O–H groups in total. The maximum atomic E-state index is 13.8. The Morgan fingerprint density at radius 1 is 1.09 bits per heavy atom. The van der Waals surface area contributed by atoms with Crippen LogP contribution in [-0.2, 0) is 22.7 Å². The number of nitrogens with one attached hydrogen (secondary N) is 1. The second kappa shape index (κ2) is 10.1. The van der Waals surface area contributed by atoms with Crippen molar-refractivity contribution >= 4 is 24.0 Å². The zero-order valence-electron chi connectivity index (χ0n) is 18.9. The summed E-state index contributed by atoms with van der Waals surface area (Å²) in [6.45, 7) is -0.150. The lowest BCUT2D eigenvalue weighted by Gasteiger charge is -2.12. The van der Waals surface area contributed by atoms with Crippen LogP contribution in [0.5, 0.6) is 11.5 Å². The van der Waals surface area contributed by atoms with E-state index in [0.717, 1.165) is 4.90 Å². The second-order valence-electron chi connectivity index (χ2n) is 7.43. The molecule has 0 radical (unpaired) electrons. The van der Waals surface area contributed by atoms with Gasteiger partial charge in [0.25, 0.3) is 5.91 Å². The van der Waals surface area contributed by atoms with Gasteiger partial charge in [-0.1, -0.05) is 24.3 Å². The minimum absolute atomic E-state index is 0.0114. The summed E-state index contributed by atoms with van der Waals surface area (Å²) < 4.78 is 34.8. The molecule has 1 aliphatic heterocycles. The third-order valence-electron chi connectivity index (χ3n) is 5.16. The van der Waals surface area contributed by atoms with Crippen molar-refractivity contribution in [1.29, 1.82) is 0 Å². The minimum atomic E-state index is -0.663. The number of hydrogen-bond donors (Lipinski definition) is 1. The van der Waals surface area contributed by atoms with E-state index < -0.39 is 17.9 Å². The number of esters is 1. The molecule has 1 aromatic heterocycles. The van der Waals surface area contributed by atoms with E-state index in [-0.39, 0.29) is 36.2 Å². The standard InChI is InChI=1S/C25H21FN2O7/c1-32-22-12-15(7-9-20(22)34-14-16-5-3-4-6-18(16)26)11-19-23(29)28(25(31)27-19)13-17-8-10-21(35-17)24(30)33-2/h3-12H,13-14H2,1-2H3,(H,27,31)/b19-11+. The molecule has 2 aromatic carbocycles. The van der Waals surface area contributed by atoms with Gasteiger partial charge in [-0.2, -0.15) is 0 Å². The van der Waals surface area contributed by atoms with Crippen molar-refractivity contribution in [2.75, 3.05) is 14.2 Å². The largest absolute Gasteiger partial charge is 0.493 e. The summed E-state index contributed by atoms with van der Waals surface area (Å²) in [4.78, 5) is 37.6. The van der Waals surface area contributed by atoms with Crippen molar-refractivity contribution in [1.82, 2.24) is 10.2 Å². The van der Waals surface area contributed by atoms with Crippen LogP contribution in [0.1, 0.15) is 27.4 Å². The fraction of sp³-hybridized carbons (Fsp3) is 0.160. The van der Waals surface area contributed by atoms with Gasteiger partial charge in [-0.25, -0.2) is 14.0 Å². The number of methoxy groups -OCH3 is 2. The Balaban J connectivity index is 1.47. The lowest BCUT2D eigenvalue weighted by molar-refractivity contribution is -0.123. The van der Waals surface area contributed by atoms with E-state index in [1.54, 1.807) is 36.4 Å². The molecule has 0 bridgehead atoms. The number of amides is 3. The predicted octanol–water partition coefficient (Wildman–Crippen LogP) is 3.89. The SMILES string of the molecule is COC(=O)c1ccc(CN2C(=O)N/C(=C/c3ccc(OCc4ccccc4F)c(OC)c3)C2=O)o1. The van der Waals surface area contributed by atoms with Crippen molar-refractivity contribution in [2.45, 2.75) is 13.2 Å². The van der Waals surface area contributed by atoms with Gasteiger partial charge in [0.1, 0.15) is 23.9 Å². The Labute approximate surface area is 199 Å². The van der Waals surface area contributed by atoms with Gasteiger partial charge in [0, 0.05) is 5.56 Å². The molecule has 180 valence electrons. The van der Waals surface area contributed by atoms with Gasteiger partial charge in [-0.3, -0.25) is 9.69 Å². The first-order valence-electron chi connectivity index (χ1n) is 10.5. The molecule has 10 heteroatoms. The number of urea groups is 1. The average Bonchev–Trinajstić information content (AvgIpc) is 3.44. The van der Waals surface area contributed by atoms with Gasteiger partial charge in [0.05, 0.1) is 20.8 Å². The van der Waals surface area contributed by atoms with Crippen molar-refractivity contribution in [3.8, 4) is 11.5 Å². The Bertz CT molecular complexity index is 1310. The molecular formula is C25H21FN2O7. The third-order valence-corrected chi connectivity index (χ3v) is 5.16. The fourth-order valence-electron chi connectivity index (χ4n) is 3.38. The van der Waals surface area contributed by atoms with Crippen LogP contribution < -0.4 is 14.8 Å². The maximum absolute atomic E-state index is 13.8. The number of ether oxygens (including phenoxy) is 3. The van der Waals surface area contributed by atoms with Gasteiger partial charge in [0.2, 0.25) is 5.76 Å².